The van der Waals surface area contributed by atoms with Crippen LogP contribution in [-0.2, 0) is 0 Å². The SMILES string of the molecule is Fc1cc(Cl)c2oc(C3CCNCC3)nc2c1. The molecule has 1 aromatic carbocycles. The van der Waals surface area contributed by atoms with Crippen molar-refractivity contribution in [2.45, 2.75) is 18.8 Å². The molecule has 0 amide bonds. The third kappa shape index (κ3) is 2.03. The molecule has 1 N–H and O–H groups in total. The van der Waals surface area contributed by atoms with E-state index in [-0.39, 0.29) is 10.8 Å². The van der Waals surface area contributed by atoms with Crippen molar-refractivity contribution in [2.24, 2.45) is 0 Å². The van der Waals surface area contributed by atoms with Crippen LogP contribution in [0, 0.1) is 5.82 Å². The van der Waals surface area contributed by atoms with E-state index >= 15 is 0 Å². The number of nitrogens with one attached hydrogen (secondary N) is 1. The maximum absolute atomic E-state index is 13.2. The fourth-order valence-corrected chi connectivity index (χ4v) is 2.46. The molecular weight excluding hydrogens is 243 g/mol. The van der Waals surface area contributed by atoms with Crippen molar-refractivity contribution in [1.29, 1.82) is 0 Å². The van der Waals surface area contributed by atoms with Crippen LogP contribution in [0.25, 0.3) is 11.1 Å². The monoisotopic (exact) mass is 254 g/mol. The van der Waals surface area contributed by atoms with Crippen molar-refractivity contribution in [2.75, 3.05) is 13.1 Å². The fraction of sp³-hybridized carbons (Fsp3) is 0.417. The number of piperidine rings is 1. The highest BCUT2D eigenvalue weighted by atomic mass is 35.5. The predicted molar refractivity (Wildman–Crippen MR) is 63.8 cm³/mol. The molecule has 0 atom stereocenters. The number of aromatic nitrogens is 1. The first-order valence-electron chi connectivity index (χ1n) is 5.70. The Kier molecular flexibility index (Phi) is 2.76. The summed E-state index contributed by atoms with van der Waals surface area (Å²) in [7, 11) is 0. The van der Waals surface area contributed by atoms with Crippen LogP contribution in [-0.4, -0.2) is 18.1 Å². The second-order valence-electron chi connectivity index (χ2n) is 4.31. The average molecular weight is 255 g/mol. The Morgan fingerprint density at radius 2 is 2.12 bits per heavy atom. The molecule has 17 heavy (non-hydrogen) atoms. The van der Waals surface area contributed by atoms with Crippen LogP contribution < -0.4 is 5.32 Å². The normalized spacial score (nSPS) is 17.8. The third-order valence-electron chi connectivity index (χ3n) is 3.11. The van der Waals surface area contributed by atoms with Crippen LogP contribution in [0.5, 0.6) is 0 Å². The molecule has 3 nitrogen and oxygen atoms in total. The van der Waals surface area contributed by atoms with Gasteiger partial charge in [-0.3, -0.25) is 0 Å². The Bertz CT molecular complexity index is 549. The number of oxazole rings is 1. The summed E-state index contributed by atoms with van der Waals surface area (Å²) in [5, 5.41) is 3.57. The van der Waals surface area contributed by atoms with Crippen molar-refractivity contribution < 1.29 is 8.81 Å². The highest BCUT2D eigenvalue weighted by molar-refractivity contribution is 6.34. The smallest absolute Gasteiger partial charge is 0.198 e. The van der Waals surface area contributed by atoms with Gasteiger partial charge in [0.1, 0.15) is 11.3 Å². The summed E-state index contributed by atoms with van der Waals surface area (Å²) in [6.07, 6.45) is 1.99. The third-order valence-corrected chi connectivity index (χ3v) is 3.40. The first kappa shape index (κ1) is 11.0. The van der Waals surface area contributed by atoms with Gasteiger partial charge in [-0.15, -0.1) is 0 Å². The van der Waals surface area contributed by atoms with E-state index in [2.05, 4.69) is 10.3 Å². The van der Waals surface area contributed by atoms with Crippen molar-refractivity contribution in [1.82, 2.24) is 10.3 Å². The number of nitrogens with zero attached hydrogens (tertiary/aromatic N) is 1. The van der Waals surface area contributed by atoms with Gasteiger partial charge in [-0.1, -0.05) is 11.6 Å². The number of fused-ring (bicyclic) bond motifs is 1. The molecule has 1 aliphatic heterocycles. The Balaban J connectivity index is 2.03. The summed E-state index contributed by atoms with van der Waals surface area (Å²) in [6.45, 7) is 1.93. The summed E-state index contributed by atoms with van der Waals surface area (Å²) in [6, 6.07) is 2.61. The van der Waals surface area contributed by atoms with Crippen molar-refractivity contribution in [3.05, 3.63) is 28.9 Å². The molecule has 0 radical (unpaired) electrons. The Morgan fingerprint density at radius 3 is 2.88 bits per heavy atom. The zero-order valence-electron chi connectivity index (χ0n) is 9.17. The number of halogens is 2. The van der Waals surface area contributed by atoms with Gasteiger partial charge < -0.3 is 9.73 Å². The minimum Gasteiger partial charge on any atom is -0.439 e. The largest absolute Gasteiger partial charge is 0.439 e. The van der Waals surface area contributed by atoms with Crippen LogP contribution in [0.1, 0.15) is 24.7 Å². The molecule has 1 fully saturated rings. The lowest BCUT2D eigenvalue weighted by atomic mass is 9.98. The Morgan fingerprint density at radius 1 is 1.35 bits per heavy atom. The van der Waals surface area contributed by atoms with E-state index in [1.165, 1.54) is 12.1 Å². The maximum atomic E-state index is 13.2. The predicted octanol–water partition coefficient (Wildman–Crippen LogP) is 3.09. The quantitative estimate of drug-likeness (QED) is 0.850. The van der Waals surface area contributed by atoms with Gasteiger partial charge in [-0.25, -0.2) is 9.37 Å². The molecule has 0 spiro atoms. The van der Waals surface area contributed by atoms with Gasteiger partial charge in [0.15, 0.2) is 11.5 Å². The summed E-state index contributed by atoms with van der Waals surface area (Å²) in [5.74, 6) is 0.601. The van der Waals surface area contributed by atoms with E-state index in [0.29, 0.717) is 22.9 Å². The zero-order valence-corrected chi connectivity index (χ0v) is 9.93. The van der Waals surface area contributed by atoms with E-state index < -0.39 is 0 Å². The second kappa shape index (κ2) is 4.27. The maximum Gasteiger partial charge on any atom is 0.198 e. The van der Waals surface area contributed by atoms with Gasteiger partial charge in [0.2, 0.25) is 0 Å². The summed E-state index contributed by atoms with van der Waals surface area (Å²) < 4.78 is 18.8. The van der Waals surface area contributed by atoms with E-state index in [1.54, 1.807) is 0 Å². The lowest BCUT2D eigenvalue weighted by molar-refractivity contribution is 0.385. The lowest BCUT2D eigenvalue weighted by Gasteiger charge is -2.19. The van der Waals surface area contributed by atoms with E-state index in [4.69, 9.17) is 16.0 Å². The molecule has 5 heteroatoms. The molecule has 2 heterocycles. The van der Waals surface area contributed by atoms with Crippen LogP contribution >= 0.6 is 11.6 Å². The van der Waals surface area contributed by atoms with Crippen LogP contribution in [0.2, 0.25) is 5.02 Å². The minimum absolute atomic E-state index is 0.285. The molecule has 1 saturated heterocycles. The minimum atomic E-state index is -0.382. The molecule has 0 unspecified atom stereocenters. The molecule has 90 valence electrons. The van der Waals surface area contributed by atoms with Gasteiger partial charge in [0.05, 0.1) is 5.02 Å². The van der Waals surface area contributed by atoms with Crippen LogP contribution in [0.3, 0.4) is 0 Å². The summed E-state index contributed by atoms with van der Waals surface area (Å²) in [5.41, 5.74) is 0.991. The van der Waals surface area contributed by atoms with Gasteiger partial charge in [0, 0.05) is 12.0 Å². The molecule has 1 aliphatic rings. The molecule has 0 saturated carbocycles. The molecule has 0 aliphatic carbocycles. The van der Waals surface area contributed by atoms with Crippen LogP contribution in [0.15, 0.2) is 16.5 Å². The van der Waals surface area contributed by atoms with Crippen molar-refractivity contribution in [3.8, 4) is 0 Å². The van der Waals surface area contributed by atoms with E-state index in [9.17, 15) is 4.39 Å². The van der Waals surface area contributed by atoms with Crippen molar-refractivity contribution in [3.63, 3.8) is 0 Å². The number of hydrogen-bond acceptors (Lipinski definition) is 3. The van der Waals surface area contributed by atoms with Crippen LogP contribution in [0.4, 0.5) is 4.39 Å². The topological polar surface area (TPSA) is 38.1 Å². The van der Waals surface area contributed by atoms with Gasteiger partial charge in [0.25, 0.3) is 0 Å². The van der Waals surface area contributed by atoms with Gasteiger partial charge in [-0.2, -0.15) is 0 Å². The van der Waals surface area contributed by atoms with Crippen molar-refractivity contribution >= 4 is 22.7 Å². The molecule has 2 aromatic rings. The molecular formula is C12H12ClFN2O. The summed E-state index contributed by atoms with van der Waals surface area (Å²) in [4.78, 5) is 4.34. The lowest BCUT2D eigenvalue weighted by Crippen LogP contribution is -2.26. The number of rotatable bonds is 1. The standard InChI is InChI=1S/C12H12ClFN2O/c13-9-5-8(14)6-10-11(9)17-12(16-10)7-1-3-15-4-2-7/h5-7,15H,1-4H2. The summed E-state index contributed by atoms with van der Waals surface area (Å²) >= 11 is 5.93. The number of benzene rings is 1. The zero-order chi connectivity index (χ0) is 11.8. The van der Waals surface area contributed by atoms with Gasteiger partial charge >= 0.3 is 0 Å². The highest BCUT2D eigenvalue weighted by Gasteiger charge is 2.21. The average Bonchev–Trinajstić information content (AvgIpc) is 2.74. The van der Waals surface area contributed by atoms with E-state index in [1.807, 2.05) is 0 Å². The molecule has 3 rings (SSSR count). The first-order chi connectivity index (χ1) is 8.24. The van der Waals surface area contributed by atoms with Gasteiger partial charge in [-0.05, 0) is 32.0 Å². The Labute approximate surface area is 103 Å². The molecule has 0 bridgehead atoms. The number of hydrogen-bond donors (Lipinski definition) is 1. The second-order valence-corrected chi connectivity index (χ2v) is 4.72. The van der Waals surface area contributed by atoms with E-state index in [0.717, 1.165) is 25.9 Å². The fourth-order valence-electron chi connectivity index (χ4n) is 2.22. The highest BCUT2D eigenvalue weighted by Crippen LogP contribution is 2.31. The molecule has 1 aromatic heterocycles. The first-order valence-corrected chi connectivity index (χ1v) is 6.08. The Hall–Kier alpha value is -1.13.